The van der Waals surface area contributed by atoms with Gasteiger partial charge in [-0.2, -0.15) is 0 Å². The zero-order valence-electron chi connectivity index (χ0n) is 17.4. The molecular weight excluding hydrogens is 383 g/mol. The van der Waals surface area contributed by atoms with E-state index in [1.54, 1.807) is 17.1 Å². The van der Waals surface area contributed by atoms with Crippen molar-refractivity contribution in [2.24, 2.45) is 12.5 Å². The van der Waals surface area contributed by atoms with Gasteiger partial charge < -0.3 is 10.2 Å². The molecule has 7 nitrogen and oxygen atoms in total. The molecule has 2 aromatic heterocycles. The van der Waals surface area contributed by atoms with Crippen molar-refractivity contribution in [2.75, 3.05) is 31.6 Å². The van der Waals surface area contributed by atoms with Crippen LogP contribution in [0.4, 0.5) is 10.2 Å². The first-order valence-electron chi connectivity index (χ1n) is 10.4. The van der Waals surface area contributed by atoms with Gasteiger partial charge in [-0.15, -0.1) is 5.10 Å². The highest BCUT2D eigenvalue weighted by Gasteiger charge is 2.39. The fourth-order valence-corrected chi connectivity index (χ4v) is 4.23. The van der Waals surface area contributed by atoms with E-state index in [0.717, 1.165) is 54.4 Å². The van der Waals surface area contributed by atoms with Crippen LogP contribution in [-0.2, 0) is 11.8 Å². The van der Waals surface area contributed by atoms with Crippen molar-refractivity contribution in [3.8, 4) is 11.3 Å². The molecule has 0 atom stereocenters. The normalized spacial score (nSPS) is 16.6. The lowest BCUT2D eigenvalue weighted by Gasteiger charge is -2.39. The smallest absolute Gasteiger partial charge is 0.231 e. The van der Waals surface area contributed by atoms with Gasteiger partial charge in [0.05, 0.1) is 17.3 Å². The number of aryl methyl sites for hydroxylation is 1. The number of amides is 1. The van der Waals surface area contributed by atoms with Crippen LogP contribution < -0.4 is 5.32 Å². The van der Waals surface area contributed by atoms with E-state index < -0.39 is 5.41 Å². The Balaban J connectivity index is 1.54. The fourth-order valence-electron chi connectivity index (χ4n) is 4.23. The Morgan fingerprint density at radius 2 is 2.00 bits per heavy atom. The van der Waals surface area contributed by atoms with Crippen LogP contribution in [0.25, 0.3) is 22.0 Å². The predicted molar refractivity (Wildman–Crippen MR) is 115 cm³/mol. The molecular formula is C22H27FN6O. The molecule has 3 heterocycles. The molecule has 0 radical (unpaired) electrons. The van der Waals surface area contributed by atoms with Crippen LogP contribution in [0.2, 0.25) is 0 Å². The third-order valence-electron chi connectivity index (χ3n) is 6.35. The highest BCUT2D eigenvalue weighted by Crippen LogP contribution is 2.36. The summed E-state index contributed by atoms with van der Waals surface area (Å²) in [5.41, 5.74) is 1.50. The summed E-state index contributed by atoms with van der Waals surface area (Å²) < 4.78 is 14.4. The number of hydrogen-bond donors (Lipinski definition) is 1. The first-order chi connectivity index (χ1) is 14.5. The van der Waals surface area contributed by atoms with Gasteiger partial charge in [0.15, 0.2) is 0 Å². The Morgan fingerprint density at radius 1 is 1.20 bits per heavy atom. The van der Waals surface area contributed by atoms with Crippen molar-refractivity contribution in [1.29, 1.82) is 0 Å². The van der Waals surface area contributed by atoms with Gasteiger partial charge in [-0.05, 0) is 49.9 Å². The summed E-state index contributed by atoms with van der Waals surface area (Å²) >= 11 is 0. The summed E-state index contributed by atoms with van der Waals surface area (Å²) in [6.45, 7) is 3.65. The molecule has 1 amide bonds. The number of alkyl halides is 1. The van der Waals surface area contributed by atoms with Gasteiger partial charge in [0.1, 0.15) is 12.5 Å². The van der Waals surface area contributed by atoms with Crippen LogP contribution in [0, 0.1) is 5.41 Å². The molecule has 0 unspecified atom stereocenters. The minimum absolute atomic E-state index is 0.00346. The molecule has 1 N–H and O–H groups in total. The van der Waals surface area contributed by atoms with Crippen LogP contribution in [0.5, 0.6) is 0 Å². The topological polar surface area (TPSA) is 75.9 Å². The summed E-state index contributed by atoms with van der Waals surface area (Å²) in [5, 5.41) is 12.9. The summed E-state index contributed by atoms with van der Waals surface area (Å²) in [4.78, 5) is 19.7. The Hall–Kier alpha value is -2.87. The minimum atomic E-state index is -0.425. The summed E-state index contributed by atoms with van der Waals surface area (Å²) in [5.74, 6) is 0.551. The van der Waals surface area contributed by atoms with Gasteiger partial charge in [0.2, 0.25) is 5.91 Å². The van der Waals surface area contributed by atoms with E-state index >= 15 is 0 Å². The zero-order chi connectivity index (χ0) is 21.1. The Kier molecular flexibility index (Phi) is 5.76. The fraction of sp³-hybridized carbons (Fsp3) is 0.455. The van der Waals surface area contributed by atoms with E-state index in [4.69, 9.17) is 0 Å². The third-order valence-corrected chi connectivity index (χ3v) is 6.35. The van der Waals surface area contributed by atoms with Gasteiger partial charge in [-0.3, -0.25) is 4.79 Å². The average Bonchev–Trinajstić information content (AvgIpc) is 3.20. The average molecular weight is 410 g/mol. The number of pyridine rings is 1. The number of rotatable bonds is 6. The van der Waals surface area contributed by atoms with E-state index in [9.17, 15) is 9.18 Å². The second-order valence-corrected chi connectivity index (χ2v) is 7.99. The quantitative estimate of drug-likeness (QED) is 0.674. The number of hydrogen-bond acceptors (Lipinski definition) is 5. The highest BCUT2D eigenvalue weighted by molar-refractivity contribution is 5.97. The van der Waals surface area contributed by atoms with Gasteiger partial charge in [0.25, 0.3) is 0 Å². The first kappa shape index (κ1) is 20.4. The molecule has 0 bridgehead atoms. The van der Waals surface area contributed by atoms with Gasteiger partial charge in [-0.25, -0.2) is 14.1 Å². The van der Waals surface area contributed by atoms with E-state index in [2.05, 4.69) is 31.6 Å². The van der Waals surface area contributed by atoms with Crippen molar-refractivity contribution < 1.29 is 9.18 Å². The minimum Gasteiger partial charge on any atom is -0.310 e. The van der Waals surface area contributed by atoms with Crippen molar-refractivity contribution in [3.05, 3.63) is 36.7 Å². The summed E-state index contributed by atoms with van der Waals surface area (Å²) in [6.07, 6.45) is 5.73. The van der Waals surface area contributed by atoms with E-state index in [1.807, 2.05) is 32.2 Å². The number of carbonyl (C=O) groups is 1. The molecule has 8 heteroatoms. The van der Waals surface area contributed by atoms with Crippen molar-refractivity contribution in [2.45, 2.75) is 26.2 Å². The molecule has 4 rings (SSSR count). The van der Waals surface area contributed by atoms with Crippen molar-refractivity contribution >= 4 is 22.5 Å². The molecule has 3 aromatic rings. The number of carbonyl (C=O) groups excluding carboxylic acids is 1. The molecule has 30 heavy (non-hydrogen) atoms. The number of anilines is 1. The molecule has 1 saturated heterocycles. The number of halogens is 1. The SMILES string of the molecule is CCC1(C(=O)Nc2cc3cc(-c4cnnn4C)ccc3cn2)CCN(CCF)CC1. The molecule has 158 valence electrons. The van der Waals surface area contributed by atoms with Crippen LogP contribution in [-0.4, -0.2) is 57.1 Å². The molecule has 1 aromatic carbocycles. The molecule has 1 fully saturated rings. The van der Waals surface area contributed by atoms with Crippen LogP contribution in [0.3, 0.4) is 0 Å². The predicted octanol–water partition coefficient (Wildman–Crippen LogP) is 3.43. The maximum atomic E-state index is 13.2. The van der Waals surface area contributed by atoms with Gasteiger partial charge in [0, 0.05) is 30.7 Å². The van der Waals surface area contributed by atoms with E-state index in [1.165, 1.54) is 0 Å². The van der Waals surface area contributed by atoms with Crippen LogP contribution in [0.1, 0.15) is 26.2 Å². The number of likely N-dealkylation sites (tertiary alicyclic amines) is 1. The number of aromatic nitrogens is 4. The second kappa shape index (κ2) is 8.47. The van der Waals surface area contributed by atoms with E-state index in [0.29, 0.717) is 12.4 Å². The molecule has 1 aliphatic heterocycles. The first-order valence-corrected chi connectivity index (χ1v) is 10.4. The van der Waals surface area contributed by atoms with Crippen LogP contribution >= 0.6 is 0 Å². The lowest BCUT2D eigenvalue weighted by Crippen LogP contribution is -2.46. The van der Waals surface area contributed by atoms with Gasteiger partial charge >= 0.3 is 0 Å². The lowest BCUT2D eigenvalue weighted by atomic mass is 9.75. The maximum absolute atomic E-state index is 13.2. The number of nitrogens with zero attached hydrogens (tertiary/aromatic N) is 5. The molecule has 1 aliphatic rings. The van der Waals surface area contributed by atoms with Gasteiger partial charge in [-0.1, -0.05) is 24.3 Å². The Bertz CT molecular complexity index is 1040. The summed E-state index contributed by atoms with van der Waals surface area (Å²) in [6, 6.07) is 7.97. The lowest BCUT2D eigenvalue weighted by molar-refractivity contribution is -0.128. The monoisotopic (exact) mass is 410 g/mol. The Labute approximate surface area is 175 Å². The maximum Gasteiger partial charge on any atom is 0.231 e. The molecule has 0 aliphatic carbocycles. The standard InChI is InChI=1S/C22H27FN6O/c1-3-22(6-9-29(10-7-22)11-8-23)21(30)26-20-13-18-12-16(4-5-17(18)14-24-20)19-15-25-27-28(19)2/h4-5,12-15H,3,6-11H2,1-2H3,(H,24,26,30). The second-order valence-electron chi connectivity index (χ2n) is 7.99. The van der Waals surface area contributed by atoms with Crippen molar-refractivity contribution in [3.63, 3.8) is 0 Å². The summed E-state index contributed by atoms with van der Waals surface area (Å²) in [7, 11) is 1.85. The van der Waals surface area contributed by atoms with Crippen molar-refractivity contribution in [1.82, 2.24) is 24.9 Å². The van der Waals surface area contributed by atoms with Crippen LogP contribution in [0.15, 0.2) is 36.7 Å². The zero-order valence-corrected chi connectivity index (χ0v) is 17.4. The largest absolute Gasteiger partial charge is 0.310 e. The molecule has 0 saturated carbocycles. The number of piperidine rings is 1. The highest BCUT2D eigenvalue weighted by atomic mass is 19.1. The number of nitrogens with one attached hydrogen (secondary N) is 1. The Morgan fingerprint density at radius 3 is 2.67 bits per heavy atom. The number of benzene rings is 1. The number of fused-ring (bicyclic) bond motifs is 1. The molecule has 0 spiro atoms. The van der Waals surface area contributed by atoms with E-state index in [-0.39, 0.29) is 12.6 Å². The third kappa shape index (κ3) is 3.92.